The molecule has 0 aliphatic heterocycles. The molecule has 0 saturated carbocycles. The molecule has 6 heteroatoms. The van der Waals surface area contributed by atoms with Crippen LogP contribution in [0.1, 0.15) is 22.5 Å². The van der Waals surface area contributed by atoms with Crippen LogP contribution in [0.15, 0.2) is 30.5 Å². The smallest absolute Gasteiger partial charge is 0.254 e. The molecular formula is C14H16ClN3O2. The van der Waals surface area contributed by atoms with E-state index in [2.05, 4.69) is 10.4 Å². The Kier molecular flexibility index (Phi) is 4.76. The van der Waals surface area contributed by atoms with E-state index in [4.69, 9.17) is 16.7 Å². The third kappa shape index (κ3) is 3.00. The molecule has 0 atom stereocenters. The highest BCUT2D eigenvalue weighted by Gasteiger charge is 2.15. The largest absolute Gasteiger partial charge is 0.396 e. The number of carbonyl (C=O) groups is 1. The molecule has 2 N–H and O–H groups in total. The van der Waals surface area contributed by atoms with E-state index in [9.17, 15) is 4.79 Å². The first-order valence-electron chi connectivity index (χ1n) is 6.33. The van der Waals surface area contributed by atoms with Crippen molar-refractivity contribution in [1.82, 2.24) is 15.1 Å². The lowest BCUT2D eigenvalue weighted by Crippen LogP contribution is -2.25. The standard InChI is InChI=1S/C14H16ClN3O2/c1-10-11(14(20)16-7-4-8-19)9-17-18(10)13-6-3-2-5-12(13)15/h2-3,5-6,9,19H,4,7-8H2,1H3,(H,16,20). The van der Waals surface area contributed by atoms with Crippen LogP contribution in [-0.4, -0.2) is 33.9 Å². The fourth-order valence-electron chi connectivity index (χ4n) is 1.88. The van der Waals surface area contributed by atoms with Gasteiger partial charge in [-0.2, -0.15) is 5.10 Å². The minimum absolute atomic E-state index is 0.0537. The highest BCUT2D eigenvalue weighted by molar-refractivity contribution is 6.32. The van der Waals surface area contributed by atoms with Crippen molar-refractivity contribution in [3.8, 4) is 5.69 Å². The third-order valence-electron chi connectivity index (χ3n) is 2.96. The van der Waals surface area contributed by atoms with E-state index in [-0.39, 0.29) is 12.5 Å². The number of carbonyl (C=O) groups excluding carboxylic acids is 1. The van der Waals surface area contributed by atoms with Gasteiger partial charge in [0, 0.05) is 13.2 Å². The monoisotopic (exact) mass is 293 g/mol. The molecule has 20 heavy (non-hydrogen) atoms. The molecule has 0 saturated heterocycles. The van der Waals surface area contributed by atoms with Gasteiger partial charge in [-0.15, -0.1) is 0 Å². The number of amides is 1. The van der Waals surface area contributed by atoms with Crippen molar-refractivity contribution in [3.05, 3.63) is 46.7 Å². The number of benzene rings is 1. The summed E-state index contributed by atoms with van der Waals surface area (Å²) in [7, 11) is 0. The second-order valence-electron chi connectivity index (χ2n) is 4.34. The molecule has 0 aliphatic rings. The summed E-state index contributed by atoms with van der Waals surface area (Å²) in [6.07, 6.45) is 2.05. The van der Waals surface area contributed by atoms with Crippen LogP contribution >= 0.6 is 11.6 Å². The van der Waals surface area contributed by atoms with E-state index in [1.54, 1.807) is 10.7 Å². The molecule has 0 radical (unpaired) electrons. The quantitative estimate of drug-likeness (QED) is 0.828. The summed E-state index contributed by atoms with van der Waals surface area (Å²) in [6, 6.07) is 7.32. The van der Waals surface area contributed by atoms with Gasteiger partial charge >= 0.3 is 0 Å². The van der Waals surface area contributed by atoms with Gasteiger partial charge in [0.2, 0.25) is 0 Å². The predicted octanol–water partition coefficient (Wildman–Crippen LogP) is 1.95. The van der Waals surface area contributed by atoms with Crippen LogP contribution in [0.25, 0.3) is 5.69 Å². The Balaban J connectivity index is 2.23. The molecule has 2 rings (SSSR count). The molecule has 2 aromatic rings. The van der Waals surface area contributed by atoms with Gasteiger partial charge in [0.25, 0.3) is 5.91 Å². The molecule has 106 valence electrons. The number of rotatable bonds is 5. The van der Waals surface area contributed by atoms with Crippen molar-refractivity contribution in [2.75, 3.05) is 13.2 Å². The molecule has 1 heterocycles. The molecule has 0 fully saturated rings. The Hall–Kier alpha value is -1.85. The number of hydrogen-bond acceptors (Lipinski definition) is 3. The van der Waals surface area contributed by atoms with Crippen molar-refractivity contribution in [2.24, 2.45) is 0 Å². The first kappa shape index (κ1) is 14.6. The number of para-hydroxylation sites is 1. The molecular weight excluding hydrogens is 278 g/mol. The van der Waals surface area contributed by atoms with Crippen molar-refractivity contribution in [1.29, 1.82) is 0 Å². The van der Waals surface area contributed by atoms with Crippen LogP contribution < -0.4 is 5.32 Å². The van der Waals surface area contributed by atoms with Crippen molar-refractivity contribution in [3.63, 3.8) is 0 Å². The summed E-state index contributed by atoms with van der Waals surface area (Å²) < 4.78 is 1.64. The second kappa shape index (κ2) is 6.54. The molecule has 1 aromatic heterocycles. The van der Waals surface area contributed by atoms with Gasteiger partial charge in [-0.25, -0.2) is 4.68 Å². The van der Waals surface area contributed by atoms with Gasteiger partial charge < -0.3 is 10.4 Å². The Morgan fingerprint density at radius 2 is 2.20 bits per heavy atom. The predicted molar refractivity (Wildman–Crippen MR) is 77.3 cm³/mol. The lowest BCUT2D eigenvalue weighted by molar-refractivity contribution is 0.0950. The van der Waals surface area contributed by atoms with Gasteiger partial charge in [0.05, 0.1) is 28.2 Å². The van der Waals surface area contributed by atoms with Gasteiger partial charge in [-0.3, -0.25) is 4.79 Å². The number of aliphatic hydroxyl groups is 1. The fraction of sp³-hybridized carbons (Fsp3) is 0.286. The number of hydrogen-bond donors (Lipinski definition) is 2. The number of aromatic nitrogens is 2. The summed E-state index contributed by atoms with van der Waals surface area (Å²) in [4.78, 5) is 12.0. The molecule has 1 amide bonds. The van der Waals surface area contributed by atoms with Gasteiger partial charge in [0.15, 0.2) is 0 Å². The van der Waals surface area contributed by atoms with E-state index in [0.717, 1.165) is 11.4 Å². The van der Waals surface area contributed by atoms with Crippen LogP contribution in [-0.2, 0) is 0 Å². The molecule has 0 spiro atoms. The minimum Gasteiger partial charge on any atom is -0.396 e. The van der Waals surface area contributed by atoms with Crippen molar-refractivity contribution >= 4 is 17.5 Å². The van der Waals surface area contributed by atoms with Crippen LogP contribution in [0.3, 0.4) is 0 Å². The van der Waals surface area contributed by atoms with Crippen LogP contribution in [0.4, 0.5) is 0 Å². The molecule has 0 bridgehead atoms. The minimum atomic E-state index is -0.200. The topological polar surface area (TPSA) is 67.2 Å². The Morgan fingerprint density at radius 3 is 2.90 bits per heavy atom. The summed E-state index contributed by atoms with van der Waals surface area (Å²) in [6.45, 7) is 2.31. The van der Waals surface area contributed by atoms with Crippen LogP contribution in [0.2, 0.25) is 5.02 Å². The molecule has 1 aromatic carbocycles. The molecule has 0 unspecified atom stereocenters. The van der Waals surface area contributed by atoms with Crippen LogP contribution in [0.5, 0.6) is 0 Å². The van der Waals surface area contributed by atoms with Crippen molar-refractivity contribution < 1.29 is 9.90 Å². The van der Waals surface area contributed by atoms with Crippen LogP contribution in [0, 0.1) is 6.92 Å². The normalized spacial score (nSPS) is 10.6. The second-order valence-corrected chi connectivity index (χ2v) is 4.75. The van der Waals surface area contributed by atoms with Gasteiger partial charge in [-0.1, -0.05) is 23.7 Å². The maximum absolute atomic E-state index is 12.0. The van der Waals surface area contributed by atoms with E-state index in [1.165, 1.54) is 6.20 Å². The maximum atomic E-state index is 12.0. The average molecular weight is 294 g/mol. The van der Waals surface area contributed by atoms with E-state index < -0.39 is 0 Å². The molecule has 5 nitrogen and oxygen atoms in total. The Morgan fingerprint density at radius 1 is 1.45 bits per heavy atom. The molecule has 0 aliphatic carbocycles. The van der Waals surface area contributed by atoms with Gasteiger partial charge in [0.1, 0.15) is 0 Å². The zero-order valence-corrected chi connectivity index (χ0v) is 11.9. The lowest BCUT2D eigenvalue weighted by Gasteiger charge is -2.07. The fourth-order valence-corrected chi connectivity index (χ4v) is 2.09. The van der Waals surface area contributed by atoms with E-state index in [0.29, 0.717) is 23.6 Å². The summed E-state index contributed by atoms with van der Waals surface area (Å²) in [5, 5.41) is 16.2. The summed E-state index contributed by atoms with van der Waals surface area (Å²) in [5.74, 6) is -0.200. The lowest BCUT2D eigenvalue weighted by atomic mass is 10.2. The first-order valence-corrected chi connectivity index (χ1v) is 6.71. The summed E-state index contributed by atoms with van der Waals surface area (Å²) >= 11 is 6.13. The third-order valence-corrected chi connectivity index (χ3v) is 3.28. The zero-order chi connectivity index (χ0) is 14.5. The van der Waals surface area contributed by atoms with E-state index >= 15 is 0 Å². The first-order chi connectivity index (χ1) is 9.65. The van der Waals surface area contributed by atoms with Gasteiger partial charge in [-0.05, 0) is 25.5 Å². The Labute approximate surface area is 122 Å². The highest BCUT2D eigenvalue weighted by Crippen LogP contribution is 2.21. The number of aliphatic hydroxyl groups excluding tert-OH is 1. The highest BCUT2D eigenvalue weighted by atomic mass is 35.5. The number of nitrogens with zero attached hydrogens (tertiary/aromatic N) is 2. The van der Waals surface area contributed by atoms with Crippen molar-refractivity contribution in [2.45, 2.75) is 13.3 Å². The zero-order valence-electron chi connectivity index (χ0n) is 11.1. The SMILES string of the molecule is Cc1c(C(=O)NCCCO)cnn1-c1ccccc1Cl. The Bertz CT molecular complexity index is 610. The number of halogens is 1. The number of nitrogens with one attached hydrogen (secondary N) is 1. The summed E-state index contributed by atoms with van der Waals surface area (Å²) in [5.41, 5.74) is 1.96. The maximum Gasteiger partial charge on any atom is 0.254 e. The average Bonchev–Trinajstić information content (AvgIpc) is 2.81. The van der Waals surface area contributed by atoms with E-state index in [1.807, 2.05) is 25.1 Å².